The van der Waals surface area contributed by atoms with Gasteiger partial charge in [0.25, 0.3) is 0 Å². The van der Waals surface area contributed by atoms with E-state index >= 15 is 0 Å². The molecule has 1 unspecified atom stereocenters. The molecule has 4 rings (SSSR count). The van der Waals surface area contributed by atoms with Crippen LogP contribution in [0.25, 0.3) is 0 Å². The fraction of sp³-hybridized carbons (Fsp3) is 0.667. The molecule has 6 heteroatoms. The van der Waals surface area contributed by atoms with E-state index in [9.17, 15) is 9.59 Å². The fourth-order valence-electron chi connectivity index (χ4n) is 5.15. The minimum absolute atomic E-state index is 0.187. The number of hydrogen-bond donors (Lipinski definition) is 1. The number of carbonyl (C=O) groups is 2. The maximum absolute atomic E-state index is 12.8. The normalized spacial score (nSPS) is 23.9. The van der Waals surface area contributed by atoms with Crippen LogP contribution in [0.4, 0.5) is 4.79 Å². The zero-order valence-corrected chi connectivity index (χ0v) is 18.1. The Kier molecular flexibility index (Phi) is 6.61. The van der Waals surface area contributed by atoms with Crippen LogP contribution in [0.3, 0.4) is 0 Å². The van der Waals surface area contributed by atoms with Gasteiger partial charge < -0.3 is 19.9 Å². The number of benzene rings is 1. The number of nitrogens with one attached hydrogen (secondary N) is 1. The first-order chi connectivity index (χ1) is 14.6. The van der Waals surface area contributed by atoms with Gasteiger partial charge in [-0.2, -0.15) is 0 Å². The topological polar surface area (TPSA) is 61.9 Å². The third-order valence-corrected chi connectivity index (χ3v) is 7.28. The van der Waals surface area contributed by atoms with Crippen molar-refractivity contribution in [3.63, 3.8) is 0 Å². The smallest absolute Gasteiger partial charge is 0.409 e. The maximum atomic E-state index is 12.8. The summed E-state index contributed by atoms with van der Waals surface area (Å²) in [5.41, 5.74) is 1.65. The summed E-state index contributed by atoms with van der Waals surface area (Å²) in [5, 5.41) is 3.27. The molecule has 164 valence electrons. The van der Waals surface area contributed by atoms with Gasteiger partial charge in [-0.15, -0.1) is 0 Å². The number of ether oxygens (including phenoxy) is 1. The van der Waals surface area contributed by atoms with Crippen LogP contribution < -0.4 is 5.32 Å². The van der Waals surface area contributed by atoms with Crippen LogP contribution in [0.15, 0.2) is 30.3 Å². The first kappa shape index (κ1) is 21.2. The first-order valence-corrected chi connectivity index (χ1v) is 11.6. The number of amides is 2. The molecular formula is C24H35N3O3. The summed E-state index contributed by atoms with van der Waals surface area (Å²) in [4.78, 5) is 28.9. The van der Waals surface area contributed by atoms with Gasteiger partial charge in [0, 0.05) is 31.6 Å². The van der Waals surface area contributed by atoms with Crippen molar-refractivity contribution in [2.45, 2.75) is 51.5 Å². The van der Waals surface area contributed by atoms with E-state index in [1.54, 1.807) is 4.90 Å². The summed E-state index contributed by atoms with van der Waals surface area (Å²) in [5.74, 6) is 0.430. The molecule has 3 fully saturated rings. The third-order valence-electron chi connectivity index (χ3n) is 7.28. The van der Waals surface area contributed by atoms with Crippen LogP contribution in [0.1, 0.15) is 44.6 Å². The summed E-state index contributed by atoms with van der Waals surface area (Å²) >= 11 is 0. The minimum atomic E-state index is -0.234. The summed E-state index contributed by atoms with van der Waals surface area (Å²) < 4.78 is 5.07. The molecule has 0 aromatic heterocycles. The number of hydrogen-bond acceptors (Lipinski definition) is 4. The molecule has 6 nitrogen and oxygen atoms in total. The van der Waals surface area contributed by atoms with Crippen LogP contribution in [-0.4, -0.2) is 67.2 Å². The molecule has 3 aliphatic rings. The molecule has 30 heavy (non-hydrogen) atoms. The Morgan fingerprint density at radius 2 is 1.80 bits per heavy atom. The molecule has 1 atom stereocenters. The first-order valence-electron chi connectivity index (χ1n) is 11.6. The number of likely N-dealkylation sites (tertiary alicyclic amines) is 2. The lowest BCUT2D eigenvalue weighted by molar-refractivity contribution is -0.124. The Hall–Kier alpha value is -2.08. The quantitative estimate of drug-likeness (QED) is 0.779. The Bertz CT molecular complexity index is 722. The molecule has 1 spiro atoms. The molecule has 1 saturated carbocycles. The van der Waals surface area contributed by atoms with E-state index in [1.807, 2.05) is 6.92 Å². The zero-order valence-electron chi connectivity index (χ0n) is 18.1. The Labute approximate surface area is 179 Å². The molecule has 1 aromatic carbocycles. The maximum Gasteiger partial charge on any atom is 0.409 e. The molecule has 2 aliphatic heterocycles. The molecule has 2 heterocycles. The van der Waals surface area contributed by atoms with Crippen LogP contribution >= 0.6 is 0 Å². The number of piperidine rings is 2. The number of carbonyl (C=O) groups excluding carboxylic acids is 2. The Morgan fingerprint density at radius 3 is 2.47 bits per heavy atom. The molecule has 0 bridgehead atoms. The van der Waals surface area contributed by atoms with E-state index in [1.165, 1.54) is 5.56 Å². The van der Waals surface area contributed by atoms with Crippen LogP contribution in [-0.2, 0) is 16.0 Å². The Morgan fingerprint density at radius 1 is 1.10 bits per heavy atom. The molecule has 1 aromatic rings. The molecule has 2 saturated heterocycles. The van der Waals surface area contributed by atoms with Gasteiger partial charge in [0.05, 0.1) is 6.61 Å². The van der Waals surface area contributed by atoms with E-state index in [4.69, 9.17) is 4.74 Å². The number of rotatable bonds is 6. The van der Waals surface area contributed by atoms with E-state index in [0.717, 1.165) is 58.2 Å². The van der Waals surface area contributed by atoms with Gasteiger partial charge in [0.15, 0.2) is 0 Å². The lowest BCUT2D eigenvalue weighted by atomic mass is 9.90. The lowest BCUT2D eigenvalue weighted by Crippen LogP contribution is -2.47. The third kappa shape index (κ3) is 4.97. The predicted molar refractivity (Wildman–Crippen MR) is 116 cm³/mol. The summed E-state index contributed by atoms with van der Waals surface area (Å²) in [7, 11) is 0. The van der Waals surface area contributed by atoms with Crippen molar-refractivity contribution >= 4 is 12.0 Å². The SMILES string of the molecule is CCOC(=O)N1CCC(NC(=O)C2CC23CCN(CCc2ccccc2)CC3)CC1. The highest BCUT2D eigenvalue weighted by Gasteiger charge is 2.58. The predicted octanol–water partition coefficient (Wildman–Crippen LogP) is 3.07. The average molecular weight is 414 g/mol. The summed E-state index contributed by atoms with van der Waals surface area (Å²) in [6.07, 6.45) is 5.83. The van der Waals surface area contributed by atoms with Crippen molar-refractivity contribution in [2.75, 3.05) is 39.3 Å². The van der Waals surface area contributed by atoms with E-state index in [0.29, 0.717) is 19.7 Å². The van der Waals surface area contributed by atoms with Gasteiger partial charge >= 0.3 is 6.09 Å². The van der Waals surface area contributed by atoms with Gasteiger partial charge in [0.1, 0.15) is 0 Å². The van der Waals surface area contributed by atoms with Crippen molar-refractivity contribution < 1.29 is 14.3 Å². The van der Waals surface area contributed by atoms with Crippen molar-refractivity contribution in [2.24, 2.45) is 11.3 Å². The van der Waals surface area contributed by atoms with Crippen molar-refractivity contribution in [1.29, 1.82) is 0 Å². The highest BCUT2D eigenvalue weighted by molar-refractivity contribution is 5.83. The van der Waals surface area contributed by atoms with Crippen molar-refractivity contribution in [3.05, 3.63) is 35.9 Å². The number of nitrogens with zero attached hydrogens (tertiary/aromatic N) is 2. The lowest BCUT2D eigenvalue weighted by Gasteiger charge is -2.34. The van der Waals surface area contributed by atoms with Gasteiger partial charge in [0.2, 0.25) is 5.91 Å². The Balaban J connectivity index is 1.16. The second kappa shape index (κ2) is 9.38. The highest BCUT2D eigenvalue weighted by Crippen LogP contribution is 2.59. The highest BCUT2D eigenvalue weighted by atomic mass is 16.6. The van der Waals surface area contributed by atoms with Crippen LogP contribution in [0, 0.1) is 11.3 Å². The molecule has 1 aliphatic carbocycles. The van der Waals surface area contributed by atoms with Gasteiger partial charge in [-0.25, -0.2) is 4.79 Å². The average Bonchev–Trinajstić information content (AvgIpc) is 3.48. The second-order valence-electron chi connectivity index (χ2n) is 9.17. The largest absolute Gasteiger partial charge is 0.450 e. The van der Waals surface area contributed by atoms with E-state index in [2.05, 4.69) is 40.5 Å². The molecule has 0 radical (unpaired) electrons. The fourth-order valence-corrected chi connectivity index (χ4v) is 5.15. The molecule has 2 amide bonds. The van der Waals surface area contributed by atoms with E-state index in [-0.39, 0.29) is 29.4 Å². The standard InChI is InChI=1S/C24H35N3O3/c1-2-30-23(29)27-14-9-20(10-15-27)25-22(28)21-18-24(21)11-16-26(17-12-24)13-8-19-6-4-3-5-7-19/h3-7,20-21H,2,8-18H2,1H3,(H,25,28). The summed E-state index contributed by atoms with van der Waals surface area (Å²) in [6.45, 7) is 6.87. The van der Waals surface area contributed by atoms with Gasteiger partial charge in [-0.1, -0.05) is 30.3 Å². The van der Waals surface area contributed by atoms with Gasteiger partial charge in [-0.05, 0) is 69.5 Å². The van der Waals surface area contributed by atoms with Crippen LogP contribution in [0.2, 0.25) is 0 Å². The van der Waals surface area contributed by atoms with E-state index < -0.39 is 0 Å². The zero-order chi connectivity index (χ0) is 21.0. The van der Waals surface area contributed by atoms with Crippen molar-refractivity contribution in [3.8, 4) is 0 Å². The molecular weight excluding hydrogens is 378 g/mol. The summed E-state index contributed by atoms with van der Waals surface area (Å²) in [6, 6.07) is 10.9. The van der Waals surface area contributed by atoms with Gasteiger partial charge in [-0.3, -0.25) is 4.79 Å². The van der Waals surface area contributed by atoms with Crippen LogP contribution in [0.5, 0.6) is 0 Å². The molecule has 1 N–H and O–H groups in total. The second-order valence-corrected chi connectivity index (χ2v) is 9.17. The van der Waals surface area contributed by atoms with Crippen molar-refractivity contribution in [1.82, 2.24) is 15.1 Å². The minimum Gasteiger partial charge on any atom is -0.450 e. The monoisotopic (exact) mass is 413 g/mol.